The molecule has 0 fully saturated rings. The van der Waals surface area contributed by atoms with Gasteiger partial charge in [0.1, 0.15) is 12.6 Å². The second kappa shape index (κ2) is 11.2. The number of carbonyl (C=O) groups is 2. The maximum atomic E-state index is 13.6. The fourth-order valence-electron chi connectivity index (χ4n) is 3.44. The van der Waals surface area contributed by atoms with Crippen molar-refractivity contribution in [3.05, 3.63) is 95.5 Å². The number of halogens is 1. The molecule has 0 aliphatic carbocycles. The van der Waals surface area contributed by atoms with Crippen LogP contribution in [0.15, 0.2) is 89.8 Å². The Balaban J connectivity index is 2.01. The van der Waals surface area contributed by atoms with E-state index in [1.165, 1.54) is 24.1 Å². The Bertz CT molecular complexity index is 1240. The van der Waals surface area contributed by atoms with Gasteiger partial charge >= 0.3 is 0 Å². The standard InChI is InChI=1S/C25H26ClN3O4S/c1-19(25(31)27-2)28(17-20-11-9-10-16-23(20)26)24(30)18-29(21-12-5-3-6-13-21)34(32,33)22-14-7-4-8-15-22/h3-16,19H,17-18H2,1-2H3,(H,27,31). The van der Waals surface area contributed by atoms with Crippen LogP contribution in [-0.4, -0.2) is 44.8 Å². The first-order valence-electron chi connectivity index (χ1n) is 10.6. The molecule has 1 N–H and O–H groups in total. The SMILES string of the molecule is CNC(=O)C(C)N(Cc1ccccc1Cl)C(=O)CN(c1ccccc1)S(=O)(=O)c1ccccc1. The average Bonchev–Trinajstić information content (AvgIpc) is 2.86. The summed E-state index contributed by atoms with van der Waals surface area (Å²) in [6, 6.07) is 22.4. The summed E-state index contributed by atoms with van der Waals surface area (Å²) in [6.45, 7) is 1.14. The van der Waals surface area contributed by atoms with Gasteiger partial charge in [-0.25, -0.2) is 8.42 Å². The molecule has 0 saturated carbocycles. The van der Waals surface area contributed by atoms with Crippen LogP contribution >= 0.6 is 11.6 Å². The van der Waals surface area contributed by atoms with Crippen LogP contribution in [0, 0.1) is 0 Å². The molecule has 0 aromatic heterocycles. The molecule has 0 saturated heterocycles. The molecule has 7 nitrogen and oxygen atoms in total. The number of para-hydroxylation sites is 1. The average molecular weight is 500 g/mol. The number of likely N-dealkylation sites (N-methyl/N-ethyl adjacent to an activating group) is 1. The lowest BCUT2D eigenvalue weighted by molar-refractivity contribution is -0.139. The van der Waals surface area contributed by atoms with E-state index in [2.05, 4.69) is 5.32 Å². The lowest BCUT2D eigenvalue weighted by Crippen LogP contribution is -2.50. The first-order valence-corrected chi connectivity index (χ1v) is 12.4. The van der Waals surface area contributed by atoms with E-state index in [4.69, 9.17) is 11.6 Å². The van der Waals surface area contributed by atoms with Crippen LogP contribution in [0.25, 0.3) is 0 Å². The van der Waals surface area contributed by atoms with E-state index in [1.807, 2.05) is 0 Å². The van der Waals surface area contributed by atoms with E-state index in [-0.39, 0.29) is 17.3 Å². The number of carbonyl (C=O) groups excluding carboxylic acids is 2. The zero-order chi connectivity index (χ0) is 24.7. The molecular weight excluding hydrogens is 474 g/mol. The van der Waals surface area contributed by atoms with Gasteiger partial charge in [0.15, 0.2) is 0 Å². The summed E-state index contributed by atoms with van der Waals surface area (Å²) in [4.78, 5) is 27.4. The van der Waals surface area contributed by atoms with Crippen LogP contribution in [0.1, 0.15) is 12.5 Å². The molecular formula is C25H26ClN3O4S. The van der Waals surface area contributed by atoms with Crippen LogP contribution in [0.3, 0.4) is 0 Å². The number of amides is 2. The molecule has 3 aromatic rings. The summed E-state index contributed by atoms with van der Waals surface area (Å²) in [6.07, 6.45) is 0. The lowest BCUT2D eigenvalue weighted by atomic mass is 10.1. The molecule has 0 radical (unpaired) electrons. The molecule has 9 heteroatoms. The van der Waals surface area contributed by atoms with Gasteiger partial charge in [-0.05, 0) is 42.8 Å². The van der Waals surface area contributed by atoms with Crippen molar-refractivity contribution < 1.29 is 18.0 Å². The van der Waals surface area contributed by atoms with E-state index in [0.29, 0.717) is 16.3 Å². The maximum Gasteiger partial charge on any atom is 0.264 e. The first kappa shape index (κ1) is 25.3. The maximum absolute atomic E-state index is 13.6. The molecule has 34 heavy (non-hydrogen) atoms. The van der Waals surface area contributed by atoms with Crippen LogP contribution in [-0.2, 0) is 26.2 Å². The highest BCUT2D eigenvalue weighted by Gasteiger charge is 2.32. The minimum absolute atomic E-state index is 0.0428. The number of nitrogens with one attached hydrogen (secondary N) is 1. The van der Waals surface area contributed by atoms with Crippen molar-refractivity contribution in [2.75, 3.05) is 17.9 Å². The summed E-state index contributed by atoms with van der Waals surface area (Å²) in [7, 11) is -2.58. The minimum Gasteiger partial charge on any atom is -0.357 e. The number of rotatable bonds is 9. The molecule has 178 valence electrons. The zero-order valence-corrected chi connectivity index (χ0v) is 20.5. The fraction of sp³-hybridized carbons (Fsp3) is 0.200. The Kier molecular flexibility index (Phi) is 8.31. The monoisotopic (exact) mass is 499 g/mol. The van der Waals surface area contributed by atoms with Gasteiger partial charge in [0.05, 0.1) is 10.6 Å². The van der Waals surface area contributed by atoms with Crippen molar-refractivity contribution in [2.45, 2.75) is 24.4 Å². The molecule has 1 unspecified atom stereocenters. The predicted octanol–water partition coefficient (Wildman–Crippen LogP) is 3.70. The van der Waals surface area contributed by atoms with Crippen molar-refractivity contribution in [3.63, 3.8) is 0 Å². The highest BCUT2D eigenvalue weighted by Crippen LogP contribution is 2.25. The van der Waals surface area contributed by atoms with Gasteiger partial charge in [0.25, 0.3) is 10.0 Å². The second-order valence-electron chi connectivity index (χ2n) is 7.56. The summed E-state index contributed by atoms with van der Waals surface area (Å²) >= 11 is 6.30. The molecule has 1 atom stereocenters. The Hall–Kier alpha value is -3.36. The number of sulfonamides is 1. The van der Waals surface area contributed by atoms with Gasteiger partial charge in [-0.1, -0.05) is 66.2 Å². The van der Waals surface area contributed by atoms with E-state index < -0.39 is 28.5 Å². The molecule has 0 aliphatic heterocycles. The molecule has 2 amide bonds. The zero-order valence-electron chi connectivity index (χ0n) is 18.9. The highest BCUT2D eigenvalue weighted by molar-refractivity contribution is 7.92. The quantitative estimate of drug-likeness (QED) is 0.486. The molecule has 0 bridgehead atoms. The third-order valence-electron chi connectivity index (χ3n) is 5.37. The number of benzene rings is 3. The third kappa shape index (κ3) is 5.76. The minimum atomic E-state index is -4.06. The van der Waals surface area contributed by atoms with Crippen molar-refractivity contribution in [2.24, 2.45) is 0 Å². The van der Waals surface area contributed by atoms with Crippen LogP contribution in [0.4, 0.5) is 5.69 Å². The topological polar surface area (TPSA) is 86.8 Å². The molecule has 0 heterocycles. The molecule has 3 rings (SSSR count). The number of hydrogen-bond donors (Lipinski definition) is 1. The highest BCUT2D eigenvalue weighted by atomic mass is 35.5. The Morgan fingerprint density at radius 1 is 0.912 bits per heavy atom. The van der Waals surface area contributed by atoms with Gasteiger partial charge in [-0.3, -0.25) is 13.9 Å². The van der Waals surface area contributed by atoms with Crippen molar-refractivity contribution in [3.8, 4) is 0 Å². The Morgan fingerprint density at radius 2 is 1.47 bits per heavy atom. The van der Waals surface area contributed by atoms with E-state index in [0.717, 1.165) is 4.31 Å². The van der Waals surface area contributed by atoms with E-state index >= 15 is 0 Å². The van der Waals surface area contributed by atoms with Crippen molar-refractivity contribution in [1.82, 2.24) is 10.2 Å². The van der Waals surface area contributed by atoms with E-state index in [9.17, 15) is 18.0 Å². The second-order valence-corrected chi connectivity index (χ2v) is 9.83. The van der Waals surface area contributed by atoms with E-state index in [1.54, 1.807) is 79.7 Å². The summed E-state index contributed by atoms with van der Waals surface area (Å²) in [5, 5.41) is 2.99. The lowest BCUT2D eigenvalue weighted by Gasteiger charge is -2.32. The predicted molar refractivity (Wildman–Crippen MR) is 133 cm³/mol. The Morgan fingerprint density at radius 3 is 2.06 bits per heavy atom. The summed E-state index contributed by atoms with van der Waals surface area (Å²) in [5.41, 5.74) is 0.982. The van der Waals surface area contributed by atoms with Crippen LogP contribution in [0.5, 0.6) is 0 Å². The molecule has 0 spiro atoms. The van der Waals surface area contributed by atoms with Crippen LogP contribution < -0.4 is 9.62 Å². The van der Waals surface area contributed by atoms with Gasteiger partial charge in [-0.15, -0.1) is 0 Å². The largest absolute Gasteiger partial charge is 0.357 e. The number of hydrogen-bond acceptors (Lipinski definition) is 4. The van der Waals surface area contributed by atoms with Gasteiger partial charge < -0.3 is 10.2 Å². The van der Waals surface area contributed by atoms with Crippen LogP contribution in [0.2, 0.25) is 5.02 Å². The number of anilines is 1. The molecule has 0 aliphatic rings. The van der Waals surface area contributed by atoms with Crippen molar-refractivity contribution in [1.29, 1.82) is 0 Å². The molecule has 3 aromatic carbocycles. The third-order valence-corrected chi connectivity index (χ3v) is 7.52. The Labute approximate surface area is 205 Å². The summed E-state index contributed by atoms with van der Waals surface area (Å²) < 4.78 is 28.1. The summed E-state index contributed by atoms with van der Waals surface area (Å²) in [5.74, 6) is -0.919. The smallest absolute Gasteiger partial charge is 0.264 e. The van der Waals surface area contributed by atoms with Crippen molar-refractivity contribution >= 4 is 39.1 Å². The van der Waals surface area contributed by atoms with Gasteiger partial charge in [-0.2, -0.15) is 0 Å². The first-order chi connectivity index (χ1) is 16.3. The fourth-order valence-corrected chi connectivity index (χ4v) is 5.08. The van der Waals surface area contributed by atoms with Gasteiger partial charge in [0, 0.05) is 18.6 Å². The normalized spacial score (nSPS) is 12.0. The van der Waals surface area contributed by atoms with Gasteiger partial charge in [0.2, 0.25) is 11.8 Å². The number of nitrogens with zero attached hydrogens (tertiary/aromatic N) is 2.